The highest BCUT2D eigenvalue weighted by atomic mass is 16.3. The fourth-order valence-electron chi connectivity index (χ4n) is 7.71. The van der Waals surface area contributed by atoms with Crippen molar-refractivity contribution in [3.8, 4) is 33.4 Å². The molecule has 0 saturated carbocycles. The zero-order valence-corrected chi connectivity index (χ0v) is 24.5. The van der Waals surface area contributed by atoms with Crippen molar-refractivity contribution in [1.82, 2.24) is 9.03 Å². The van der Waals surface area contributed by atoms with E-state index in [1.807, 2.05) is 71.2 Å². The predicted molar refractivity (Wildman–Crippen MR) is 187 cm³/mol. The first-order valence-electron chi connectivity index (χ1n) is 15.4. The van der Waals surface area contributed by atoms with Gasteiger partial charge in [0.15, 0.2) is 0 Å². The Morgan fingerprint density at radius 3 is 1.87 bits per heavy atom. The van der Waals surface area contributed by atoms with Crippen LogP contribution < -0.4 is 27.6 Å². The van der Waals surface area contributed by atoms with E-state index >= 15 is 0 Å². The molecule has 1 aliphatic heterocycles. The van der Waals surface area contributed by atoms with Crippen LogP contribution in [0.15, 0.2) is 154 Å². The summed E-state index contributed by atoms with van der Waals surface area (Å²) in [7, 11) is 0. The van der Waals surface area contributed by atoms with Crippen molar-refractivity contribution in [3.05, 3.63) is 160 Å². The molecule has 6 aromatic carbocycles. The Labute approximate surface area is 262 Å². The third-order valence-corrected chi connectivity index (χ3v) is 9.62. The van der Waals surface area contributed by atoms with Crippen LogP contribution in [0.3, 0.4) is 0 Å². The summed E-state index contributed by atoms with van der Waals surface area (Å²) in [6.07, 6.45) is 0. The molecular weight excluding hydrogens is 567 g/mol. The number of nitrogens with zero attached hydrogens (tertiary/aromatic N) is 2. The van der Waals surface area contributed by atoms with Gasteiger partial charge in [-0.1, -0.05) is 132 Å². The van der Waals surface area contributed by atoms with Crippen molar-refractivity contribution >= 4 is 56.1 Å². The van der Waals surface area contributed by atoms with Gasteiger partial charge in [-0.25, -0.2) is 0 Å². The predicted octanol–water partition coefficient (Wildman–Crippen LogP) is 6.08. The van der Waals surface area contributed by atoms with Crippen LogP contribution in [0.25, 0.3) is 66.2 Å². The molecule has 0 spiro atoms. The molecule has 5 nitrogen and oxygen atoms in total. The van der Waals surface area contributed by atoms with Crippen molar-refractivity contribution in [2.75, 3.05) is 0 Å². The molecule has 0 amide bonds. The van der Waals surface area contributed by atoms with Gasteiger partial charge in [-0.3, -0.25) is 14.1 Å². The van der Waals surface area contributed by atoms with E-state index in [1.54, 1.807) is 0 Å². The van der Waals surface area contributed by atoms with E-state index < -0.39 is 0 Å². The van der Waals surface area contributed by atoms with E-state index in [1.165, 1.54) is 4.52 Å². The molecule has 0 N–H and O–H groups in total. The average Bonchev–Trinajstić information content (AvgIpc) is 3.81. The van der Waals surface area contributed by atoms with E-state index in [-0.39, 0.29) is 17.8 Å². The van der Waals surface area contributed by atoms with Crippen LogP contribution in [0, 0.1) is 0 Å². The molecule has 0 atom stereocenters. The van der Waals surface area contributed by atoms with Crippen LogP contribution in [-0.2, 0) is 0 Å². The monoisotopic (exact) mass is 590 g/mol. The normalized spacial score (nSPS) is 12.5. The molecule has 0 bridgehead atoms. The summed E-state index contributed by atoms with van der Waals surface area (Å²) in [5.74, 6) is 0. The Hall–Kier alpha value is -6.14. The first-order chi connectivity index (χ1) is 22.7. The van der Waals surface area contributed by atoms with Gasteiger partial charge in [-0.05, 0) is 39.9 Å². The summed E-state index contributed by atoms with van der Waals surface area (Å²) in [6, 6.07) is 46.9. The maximum atomic E-state index is 14.4. The van der Waals surface area contributed by atoms with Crippen LogP contribution in [-0.4, -0.2) is 15.7 Å². The molecule has 0 saturated heterocycles. The van der Waals surface area contributed by atoms with Gasteiger partial charge in [0, 0.05) is 22.4 Å². The van der Waals surface area contributed by atoms with Gasteiger partial charge in [-0.2, -0.15) is 4.52 Å². The molecule has 3 aromatic heterocycles. The number of rotatable bonds is 3. The number of aromatic nitrogens is 2. The zero-order valence-electron chi connectivity index (χ0n) is 24.5. The molecular formula is C40H23BN2O3. The lowest BCUT2D eigenvalue weighted by atomic mass is 9.38. The lowest BCUT2D eigenvalue weighted by Crippen LogP contribution is -2.52. The number of hydrogen-bond acceptors (Lipinski definition) is 3. The topological polar surface area (TPSA) is 56.1 Å². The molecule has 1 aliphatic rings. The van der Waals surface area contributed by atoms with Gasteiger partial charge in [0.1, 0.15) is 11.2 Å². The Morgan fingerprint density at radius 1 is 0.500 bits per heavy atom. The highest BCUT2D eigenvalue weighted by Crippen LogP contribution is 2.33. The number of benzene rings is 6. The largest absolute Gasteiger partial charge is 0.456 e. The molecule has 0 radical (unpaired) electrons. The number of hydrogen-bond donors (Lipinski definition) is 0. The summed E-state index contributed by atoms with van der Waals surface area (Å²) >= 11 is 0. The third-order valence-electron chi connectivity index (χ3n) is 9.62. The van der Waals surface area contributed by atoms with Gasteiger partial charge in [-0.15, -0.1) is 0 Å². The van der Waals surface area contributed by atoms with E-state index in [9.17, 15) is 9.59 Å². The lowest BCUT2D eigenvalue weighted by molar-refractivity contribution is 0.669. The number of furan rings is 1. The summed E-state index contributed by atoms with van der Waals surface area (Å²) in [6.45, 7) is -0.322. The van der Waals surface area contributed by atoms with Gasteiger partial charge in [0.25, 0.3) is 17.8 Å². The maximum absolute atomic E-state index is 14.4. The second-order valence-corrected chi connectivity index (χ2v) is 12.0. The van der Waals surface area contributed by atoms with Crippen LogP contribution in [0.2, 0.25) is 0 Å². The molecule has 46 heavy (non-hydrogen) atoms. The zero-order chi connectivity index (χ0) is 30.5. The molecule has 10 rings (SSSR count). The van der Waals surface area contributed by atoms with Crippen molar-refractivity contribution in [2.45, 2.75) is 0 Å². The van der Waals surface area contributed by atoms with Crippen molar-refractivity contribution in [3.63, 3.8) is 0 Å². The lowest BCUT2D eigenvalue weighted by Gasteiger charge is -2.21. The molecule has 6 heteroatoms. The summed E-state index contributed by atoms with van der Waals surface area (Å²) < 4.78 is 9.46. The van der Waals surface area contributed by atoms with Gasteiger partial charge in [0.2, 0.25) is 0 Å². The smallest absolute Gasteiger partial charge is 0.282 e. The standard InChI is InChI=1S/C40H23BN2O3/c44-39-31-22-30-28-16-8-10-21-34(28)46-35(30)23-33(31)42-38-36(40(45)43(39)42)29-17-7-9-20-32(29)41(38)37-26(24-12-3-1-4-13-24)18-11-19-27(37)25-14-5-2-6-15-25/h1-23H. The first-order valence-corrected chi connectivity index (χ1v) is 15.4. The summed E-state index contributed by atoms with van der Waals surface area (Å²) in [5, 5.41) is 2.30. The highest BCUT2D eigenvalue weighted by molar-refractivity contribution is 7.00. The summed E-state index contributed by atoms with van der Waals surface area (Å²) in [5.41, 5.74) is 10.2. The molecule has 4 heterocycles. The SMILES string of the molecule is O=c1c2c(n3c4cc5oc6ccccc6c5cc4c(=O)n13)B(c1c(-c3ccccc3)cccc1-c1ccccc1)c1ccccc1-2. The minimum atomic E-state index is -0.322. The Balaban J connectivity index is 1.37. The maximum Gasteiger partial charge on any atom is 0.282 e. The van der Waals surface area contributed by atoms with Crippen LogP contribution in [0.4, 0.5) is 0 Å². The minimum absolute atomic E-state index is 0.300. The van der Waals surface area contributed by atoms with Crippen LogP contribution >= 0.6 is 0 Å². The first kappa shape index (κ1) is 25.2. The fraction of sp³-hybridized carbons (Fsp3) is 0. The van der Waals surface area contributed by atoms with Gasteiger partial charge < -0.3 is 4.42 Å². The number of para-hydroxylation sites is 1. The second kappa shape index (κ2) is 9.19. The Morgan fingerprint density at radius 2 is 1.13 bits per heavy atom. The van der Waals surface area contributed by atoms with E-state index in [0.29, 0.717) is 22.0 Å². The Bertz CT molecular complexity index is 2740. The second-order valence-electron chi connectivity index (χ2n) is 12.0. The molecule has 9 aromatic rings. The minimum Gasteiger partial charge on any atom is -0.456 e. The van der Waals surface area contributed by atoms with Gasteiger partial charge >= 0.3 is 0 Å². The van der Waals surface area contributed by atoms with E-state index in [0.717, 1.165) is 60.7 Å². The summed E-state index contributed by atoms with van der Waals surface area (Å²) in [4.78, 5) is 28.6. The Kier molecular flexibility index (Phi) is 5.04. The molecule has 214 valence electrons. The van der Waals surface area contributed by atoms with Crippen molar-refractivity contribution in [1.29, 1.82) is 0 Å². The quantitative estimate of drug-likeness (QED) is 0.235. The van der Waals surface area contributed by atoms with Crippen molar-refractivity contribution < 1.29 is 4.42 Å². The fourth-order valence-corrected chi connectivity index (χ4v) is 7.71. The molecule has 0 aliphatic carbocycles. The average molecular weight is 590 g/mol. The van der Waals surface area contributed by atoms with Gasteiger partial charge in [0.05, 0.1) is 16.5 Å². The van der Waals surface area contributed by atoms with E-state index in [2.05, 4.69) is 72.8 Å². The van der Waals surface area contributed by atoms with Crippen LogP contribution in [0.5, 0.6) is 0 Å². The molecule has 0 fully saturated rings. The molecule has 0 unspecified atom stereocenters. The van der Waals surface area contributed by atoms with Crippen molar-refractivity contribution in [2.24, 2.45) is 0 Å². The third kappa shape index (κ3) is 3.25. The van der Waals surface area contributed by atoms with Crippen LogP contribution in [0.1, 0.15) is 0 Å². The number of fused-ring (bicyclic) bond motifs is 10. The van der Waals surface area contributed by atoms with E-state index in [4.69, 9.17) is 4.42 Å². The highest BCUT2D eigenvalue weighted by Gasteiger charge is 2.42.